The van der Waals surface area contributed by atoms with Crippen LogP contribution in [0.5, 0.6) is 0 Å². The number of carbonyl (C=O) groups excluding carboxylic acids is 7. The van der Waals surface area contributed by atoms with Gasteiger partial charge >= 0.3 is 0 Å². The Labute approximate surface area is 291 Å². The summed E-state index contributed by atoms with van der Waals surface area (Å²) in [6.07, 6.45) is -2.73. The minimum Gasteiger partial charge on any atom is -0.391 e. The van der Waals surface area contributed by atoms with Crippen molar-refractivity contribution in [3.63, 3.8) is 0 Å². The normalized spacial score (nSPS) is 31.3. The number of nitrogens with one attached hydrogen (secondary N) is 7. The van der Waals surface area contributed by atoms with Crippen molar-refractivity contribution in [2.24, 2.45) is 0 Å². The quantitative estimate of drug-likeness (QED) is 0.146. The van der Waals surface area contributed by atoms with Crippen LogP contribution in [0.15, 0.2) is 29.3 Å². The van der Waals surface area contributed by atoms with E-state index in [2.05, 4.69) is 36.9 Å². The maximum Gasteiger partial charge on any atom is 0.246 e. The van der Waals surface area contributed by atoms with E-state index in [9.17, 15) is 43.8 Å². The first kappa shape index (κ1) is 36.6. The Hall–Kier alpha value is -4.68. The lowest BCUT2D eigenvalue weighted by molar-refractivity contribution is -0.142. The lowest BCUT2D eigenvalue weighted by Crippen LogP contribution is -2.61. The van der Waals surface area contributed by atoms with Crippen LogP contribution in [-0.4, -0.2) is 128 Å². The number of nitrogens with zero attached hydrogens (tertiary/aromatic N) is 1. The molecule has 9 atom stereocenters. The summed E-state index contributed by atoms with van der Waals surface area (Å²) < 4.78 is 0. The average Bonchev–Trinajstić information content (AvgIpc) is 3.63. The zero-order chi connectivity index (χ0) is 36.4. The summed E-state index contributed by atoms with van der Waals surface area (Å²) in [4.78, 5) is 99.3. The van der Waals surface area contributed by atoms with Crippen LogP contribution in [-0.2, 0) is 40.0 Å². The molecule has 270 valence electrons. The minimum absolute atomic E-state index is 0.0756. The van der Waals surface area contributed by atoms with Crippen LogP contribution in [0.25, 0.3) is 10.9 Å². The average molecular weight is 715 g/mol. The van der Waals surface area contributed by atoms with Gasteiger partial charge in [0.1, 0.15) is 42.3 Å². The molecule has 0 radical (unpaired) electrons. The molecule has 2 aromatic rings. The summed E-state index contributed by atoms with van der Waals surface area (Å²) in [5.41, 5.74) is 1.29. The summed E-state index contributed by atoms with van der Waals surface area (Å²) >= 11 is 1.13. The SMILES string of the molecule is C[C@@H]1NC(=O)[C@H](C)NC(=O)[C@@H]2Cc3c([nH]c4ccccc34)SC[C@@H](NC(=O)[C@@H]([C@H](C)O)NC1=O)C(=O)N1C[C@@H](O)C[C@H]1C(=O)N[C@@H](C)C(=O)N2. The van der Waals surface area contributed by atoms with Crippen molar-refractivity contribution < 1.29 is 43.8 Å². The molecule has 1 aromatic carbocycles. The molecule has 50 heavy (non-hydrogen) atoms. The van der Waals surface area contributed by atoms with Crippen molar-refractivity contribution in [1.29, 1.82) is 0 Å². The van der Waals surface area contributed by atoms with Gasteiger partial charge in [-0.25, -0.2) is 0 Å². The number of amides is 7. The molecule has 18 heteroatoms. The Morgan fingerprint density at radius 2 is 1.34 bits per heavy atom. The zero-order valence-corrected chi connectivity index (χ0v) is 28.8. The zero-order valence-electron chi connectivity index (χ0n) is 27.9. The van der Waals surface area contributed by atoms with Crippen molar-refractivity contribution in [1.82, 2.24) is 41.8 Å². The molecule has 7 amide bonds. The van der Waals surface area contributed by atoms with Crippen molar-refractivity contribution in [2.45, 2.75) is 100 Å². The largest absolute Gasteiger partial charge is 0.391 e. The van der Waals surface area contributed by atoms with Crippen LogP contribution in [0.1, 0.15) is 39.7 Å². The number of hydrogen-bond donors (Lipinski definition) is 9. The predicted octanol–water partition coefficient (Wildman–Crippen LogP) is -2.86. The number of H-pyrrole nitrogens is 1. The first-order valence-corrected chi connectivity index (χ1v) is 17.3. The van der Waals surface area contributed by atoms with E-state index in [1.54, 1.807) is 12.1 Å². The molecule has 0 unspecified atom stereocenters. The summed E-state index contributed by atoms with van der Waals surface area (Å²) in [5.74, 6) is -5.49. The molecule has 1 saturated heterocycles. The fourth-order valence-corrected chi connectivity index (χ4v) is 7.27. The van der Waals surface area contributed by atoms with Crippen LogP contribution < -0.4 is 31.9 Å². The first-order chi connectivity index (χ1) is 23.6. The summed E-state index contributed by atoms with van der Waals surface area (Å²) in [5, 5.41) is 37.7. The monoisotopic (exact) mass is 714 g/mol. The van der Waals surface area contributed by atoms with Gasteiger partial charge in [0.2, 0.25) is 41.4 Å². The lowest BCUT2D eigenvalue weighted by atomic mass is 10.0. The van der Waals surface area contributed by atoms with E-state index >= 15 is 0 Å². The number of benzene rings is 1. The highest BCUT2D eigenvalue weighted by molar-refractivity contribution is 7.99. The number of rotatable bonds is 1. The highest BCUT2D eigenvalue weighted by Crippen LogP contribution is 2.32. The molecule has 17 nitrogen and oxygen atoms in total. The number of hydrogen-bond acceptors (Lipinski definition) is 10. The molecule has 9 N–H and O–H groups in total. The summed E-state index contributed by atoms with van der Waals surface area (Å²) in [6, 6.07) is -1.72. The highest BCUT2D eigenvalue weighted by atomic mass is 32.2. The van der Waals surface area contributed by atoms with E-state index in [-0.39, 0.29) is 25.1 Å². The van der Waals surface area contributed by atoms with Gasteiger partial charge in [0.25, 0.3) is 0 Å². The third-order valence-corrected chi connectivity index (χ3v) is 10.1. The van der Waals surface area contributed by atoms with Gasteiger partial charge in [0.15, 0.2) is 0 Å². The van der Waals surface area contributed by atoms with Crippen LogP contribution in [0, 0.1) is 0 Å². The Kier molecular flexibility index (Phi) is 11.0. The number of carbonyl (C=O) groups is 7. The van der Waals surface area contributed by atoms with Crippen LogP contribution >= 0.6 is 11.8 Å². The van der Waals surface area contributed by atoms with E-state index < -0.39 is 95.9 Å². The molecule has 1 aromatic heterocycles. The molecule has 3 aliphatic heterocycles. The van der Waals surface area contributed by atoms with E-state index in [1.165, 1.54) is 27.7 Å². The number of thioether (sulfide) groups is 1. The standard InChI is InChI=1S/C32H42N8O9S/c1-13-25(43)33-15(3)27(45)39-24(16(4)41)30(48)37-22-12-50-31-19(18-7-5-6-8-20(18)38-31)10-21(28(46)34-13)36-26(44)14(2)35-29(47)23-9-17(42)11-40(23)32(22)49/h5-8,13-17,21-24,38,41-42H,9-12H2,1-4H3,(H,33,43)(H,34,46)(H,35,47)(H,36,44)(H,37,48)(H,39,45)/t13-,14-,15-,16-,17-,21-,22+,23-,24+/m0/s1. The number of aromatic amines is 1. The van der Waals surface area contributed by atoms with Gasteiger partial charge in [-0.15, -0.1) is 11.8 Å². The molecular weight excluding hydrogens is 672 g/mol. The van der Waals surface area contributed by atoms with Gasteiger partial charge in [0.05, 0.1) is 17.2 Å². The molecule has 2 bridgehead atoms. The highest BCUT2D eigenvalue weighted by Gasteiger charge is 2.43. The third kappa shape index (κ3) is 7.87. The number of aliphatic hydroxyl groups excluding tert-OH is 2. The first-order valence-electron chi connectivity index (χ1n) is 16.4. The molecule has 3 aliphatic rings. The molecule has 0 aliphatic carbocycles. The maximum atomic E-state index is 14.2. The third-order valence-electron chi connectivity index (χ3n) is 9.01. The van der Waals surface area contributed by atoms with Gasteiger partial charge in [-0.1, -0.05) is 18.2 Å². The van der Waals surface area contributed by atoms with E-state index in [0.29, 0.717) is 21.5 Å². The van der Waals surface area contributed by atoms with Crippen LogP contribution in [0.4, 0.5) is 0 Å². The summed E-state index contributed by atoms with van der Waals surface area (Å²) in [6.45, 7) is 5.18. The van der Waals surface area contributed by atoms with Gasteiger partial charge in [-0.3, -0.25) is 33.6 Å². The van der Waals surface area contributed by atoms with Crippen LogP contribution in [0.2, 0.25) is 0 Å². The van der Waals surface area contributed by atoms with Gasteiger partial charge < -0.3 is 52.0 Å². The molecular formula is C32H42N8O9S. The van der Waals surface area contributed by atoms with Crippen LogP contribution in [0.3, 0.4) is 0 Å². The fraction of sp³-hybridized carbons (Fsp3) is 0.531. The Bertz CT molecular complexity index is 1700. The number of aromatic nitrogens is 1. The lowest BCUT2D eigenvalue weighted by Gasteiger charge is -2.30. The van der Waals surface area contributed by atoms with Gasteiger partial charge in [0, 0.05) is 36.0 Å². The second kappa shape index (κ2) is 15.1. The predicted molar refractivity (Wildman–Crippen MR) is 179 cm³/mol. The number of para-hydroxylation sites is 1. The number of fused-ring (bicyclic) bond motifs is 5. The maximum absolute atomic E-state index is 14.2. The second-order valence-electron chi connectivity index (χ2n) is 12.9. The summed E-state index contributed by atoms with van der Waals surface area (Å²) in [7, 11) is 0. The number of aliphatic hydroxyl groups is 2. The fourth-order valence-electron chi connectivity index (χ4n) is 6.16. The topological polar surface area (TPSA) is 251 Å². The Balaban J connectivity index is 1.66. The van der Waals surface area contributed by atoms with E-state index in [0.717, 1.165) is 16.7 Å². The minimum atomic E-state index is -1.56. The molecule has 0 spiro atoms. The molecule has 4 heterocycles. The smallest absolute Gasteiger partial charge is 0.246 e. The molecule has 1 fully saturated rings. The molecule has 0 saturated carbocycles. The molecule has 5 rings (SSSR count). The Morgan fingerprint density at radius 1 is 0.760 bits per heavy atom. The van der Waals surface area contributed by atoms with E-state index in [1.807, 2.05) is 12.1 Å². The van der Waals surface area contributed by atoms with Gasteiger partial charge in [-0.05, 0) is 39.3 Å². The second-order valence-corrected chi connectivity index (χ2v) is 14.0. The van der Waals surface area contributed by atoms with Crippen molar-refractivity contribution in [3.05, 3.63) is 29.8 Å². The van der Waals surface area contributed by atoms with Crippen molar-refractivity contribution in [3.8, 4) is 0 Å². The van der Waals surface area contributed by atoms with Crippen molar-refractivity contribution in [2.75, 3.05) is 12.3 Å². The van der Waals surface area contributed by atoms with Crippen molar-refractivity contribution >= 4 is 64.0 Å². The Morgan fingerprint density at radius 3 is 2.02 bits per heavy atom. The van der Waals surface area contributed by atoms with E-state index in [4.69, 9.17) is 0 Å². The van der Waals surface area contributed by atoms with Gasteiger partial charge in [-0.2, -0.15) is 0 Å².